The molecule has 1 aliphatic heterocycles. The molecule has 3 rings (SSSR count). The molecule has 1 N–H and O–H groups in total. The summed E-state index contributed by atoms with van der Waals surface area (Å²) in [5.41, 5.74) is 1.69. The number of hydrogen-bond acceptors (Lipinski definition) is 3. The first-order valence-corrected chi connectivity index (χ1v) is 8.48. The largest absolute Gasteiger partial charge is 0.304 e. The molecule has 1 aliphatic carbocycles. The molecule has 1 saturated heterocycles. The van der Waals surface area contributed by atoms with E-state index in [0.717, 1.165) is 24.4 Å². The number of nitrogens with zero attached hydrogens (tertiary/aromatic N) is 2. The number of carbonyl (C=O) groups is 1. The van der Waals surface area contributed by atoms with Crippen LogP contribution in [0.25, 0.3) is 0 Å². The van der Waals surface area contributed by atoms with E-state index >= 15 is 0 Å². The molecular weight excluding hydrogens is 286 g/mol. The van der Waals surface area contributed by atoms with Gasteiger partial charge in [-0.15, -0.1) is 0 Å². The fourth-order valence-electron chi connectivity index (χ4n) is 3.89. The first-order chi connectivity index (χ1) is 10.1. The van der Waals surface area contributed by atoms with Crippen molar-refractivity contribution in [2.75, 3.05) is 0 Å². The zero-order valence-electron chi connectivity index (χ0n) is 12.9. The summed E-state index contributed by atoms with van der Waals surface area (Å²) < 4.78 is 1.86. The normalized spacial score (nSPS) is 28.6. The molecule has 2 aliphatic rings. The standard InChI is InChI=1S/C16H24ClN3O/c1-3-20-14(16(17)10(2)19-20)9-15(21)13-8-11-6-4-5-7-12(11)18-13/h11-13,18H,3-9H2,1-2H3. The van der Waals surface area contributed by atoms with Gasteiger partial charge in [-0.1, -0.05) is 24.4 Å². The van der Waals surface area contributed by atoms with E-state index in [1.54, 1.807) is 0 Å². The van der Waals surface area contributed by atoms with Crippen LogP contribution >= 0.6 is 11.6 Å². The van der Waals surface area contributed by atoms with Crippen LogP contribution in [0.15, 0.2) is 0 Å². The monoisotopic (exact) mass is 309 g/mol. The number of fused-ring (bicyclic) bond motifs is 1. The Hall–Kier alpha value is -0.870. The average molecular weight is 310 g/mol. The van der Waals surface area contributed by atoms with E-state index in [1.165, 1.54) is 25.7 Å². The van der Waals surface area contributed by atoms with Gasteiger partial charge in [-0.25, -0.2) is 0 Å². The summed E-state index contributed by atoms with van der Waals surface area (Å²) in [4.78, 5) is 12.6. The Morgan fingerprint density at radius 1 is 1.43 bits per heavy atom. The average Bonchev–Trinajstić information content (AvgIpc) is 3.03. The molecule has 0 spiro atoms. The van der Waals surface area contributed by atoms with Crippen molar-refractivity contribution >= 4 is 17.4 Å². The molecule has 2 fully saturated rings. The molecule has 21 heavy (non-hydrogen) atoms. The first kappa shape index (κ1) is 15.0. The highest BCUT2D eigenvalue weighted by Crippen LogP contribution is 2.34. The highest BCUT2D eigenvalue weighted by molar-refractivity contribution is 6.32. The van der Waals surface area contributed by atoms with Crippen molar-refractivity contribution < 1.29 is 4.79 Å². The van der Waals surface area contributed by atoms with Crippen LogP contribution in [0, 0.1) is 12.8 Å². The Morgan fingerprint density at radius 3 is 2.90 bits per heavy atom. The van der Waals surface area contributed by atoms with Crippen LogP contribution in [0.5, 0.6) is 0 Å². The van der Waals surface area contributed by atoms with Gasteiger partial charge in [0.2, 0.25) is 0 Å². The second kappa shape index (κ2) is 6.09. The maximum absolute atomic E-state index is 12.6. The van der Waals surface area contributed by atoms with Crippen LogP contribution in [0.2, 0.25) is 5.02 Å². The van der Waals surface area contributed by atoms with Crippen molar-refractivity contribution in [1.82, 2.24) is 15.1 Å². The van der Waals surface area contributed by atoms with Gasteiger partial charge >= 0.3 is 0 Å². The van der Waals surface area contributed by atoms with E-state index in [1.807, 2.05) is 18.5 Å². The number of hydrogen-bond donors (Lipinski definition) is 1. The van der Waals surface area contributed by atoms with Crippen LogP contribution in [0.3, 0.4) is 0 Å². The molecule has 1 aromatic heterocycles. The molecule has 5 heteroatoms. The minimum atomic E-state index is 0.00896. The number of ketones is 1. The number of halogens is 1. The molecule has 0 amide bonds. The van der Waals surface area contributed by atoms with E-state index in [9.17, 15) is 4.79 Å². The third kappa shape index (κ3) is 2.88. The van der Waals surface area contributed by atoms with Crippen LogP contribution in [-0.2, 0) is 17.8 Å². The highest BCUT2D eigenvalue weighted by Gasteiger charge is 2.38. The van der Waals surface area contributed by atoms with Crippen molar-refractivity contribution in [3.8, 4) is 0 Å². The van der Waals surface area contributed by atoms with Crippen LogP contribution in [-0.4, -0.2) is 27.6 Å². The smallest absolute Gasteiger partial charge is 0.155 e. The maximum atomic E-state index is 12.6. The predicted molar refractivity (Wildman–Crippen MR) is 83.6 cm³/mol. The lowest BCUT2D eigenvalue weighted by atomic mass is 9.84. The lowest BCUT2D eigenvalue weighted by molar-refractivity contribution is -0.120. The molecule has 0 radical (unpaired) electrons. The molecular formula is C16H24ClN3O. The Kier molecular flexibility index (Phi) is 4.36. The third-order valence-corrected chi connectivity index (χ3v) is 5.54. The quantitative estimate of drug-likeness (QED) is 0.930. The molecule has 1 saturated carbocycles. The second-order valence-electron chi connectivity index (χ2n) is 6.41. The van der Waals surface area contributed by atoms with Crippen LogP contribution in [0.1, 0.15) is 50.4 Å². The van der Waals surface area contributed by atoms with Gasteiger partial charge in [0.25, 0.3) is 0 Å². The van der Waals surface area contributed by atoms with E-state index < -0.39 is 0 Å². The summed E-state index contributed by atoms with van der Waals surface area (Å²) >= 11 is 6.31. The molecule has 4 nitrogen and oxygen atoms in total. The molecule has 3 unspecified atom stereocenters. The first-order valence-electron chi connectivity index (χ1n) is 8.10. The number of Topliss-reactive ketones (excluding diaryl/α,β-unsaturated/α-hetero) is 1. The van der Waals surface area contributed by atoms with Crippen molar-refractivity contribution in [1.29, 1.82) is 0 Å². The number of rotatable bonds is 4. The van der Waals surface area contributed by atoms with Crippen LogP contribution in [0.4, 0.5) is 0 Å². The van der Waals surface area contributed by atoms with E-state index in [-0.39, 0.29) is 11.8 Å². The Labute approximate surface area is 131 Å². The maximum Gasteiger partial charge on any atom is 0.155 e. The van der Waals surface area contributed by atoms with Crippen molar-refractivity contribution in [2.24, 2.45) is 5.92 Å². The Balaban J connectivity index is 1.70. The minimum absolute atomic E-state index is 0.00896. The van der Waals surface area contributed by atoms with Gasteiger partial charge in [0.1, 0.15) is 0 Å². The Bertz CT molecular complexity index is 526. The molecule has 0 bridgehead atoms. The number of carbonyl (C=O) groups excluding carboxylic acids is 1. The summed E-state index contributed by atoms with van der Waals surface area (Å²) in [5, 5.41) is 8.60. The van der Waals surface area contributed by atoms with Gasteiger partial charge in [-0.3, -0.25) is 9.48 Å². The third-order valence-electron chi connectivity index (χ3n) is 5.05. The summed E-state index contributed by atoms with van der Waals surface area (Å²) in [6, 6.07) is 0.565. The summed E-state index contributed by atoms with van der Waals surface area (Å²) in [7, 11) is 0. The number of nitrogens with one attached hydrogen (secondary N) is 1. The van der Waals surface area contributed by atoms with Gasteiger partial charge in [0.15, 0.2) is 5.78 Å². The van der Waals surface area contributed by atoms with Gasteiger partial charge in [-0.2, -0.15) is 5.10 Å². The fourth-order valence-corrected chi connectivity index (χ4v) is 4.09. The molecule has 116 valence electrons. The van der Waals surface area contributed by atoms with Gasteiger partial charge in [-0.05, 0) is 39.0 Å². The number of aryl methyl sites for hydroxylation is 2. The topological polar surface area (TPSA) is 46.9 Å². The second-order valence-corrected chi connectivity index (χ2v) is 6.79. The number of aromatic nitrogens is 2. The van der Waals surface area contributed by atoms with Crippen molar-refractivity contribution in [2.45, 2.75) is 71.0 Å². The summed E-state index contributed by atoms with van der Waals surface area (Å²) in [5.74, 6) is 0.960. The Morgan fingerprint density at radius 2 is 2.19 bits per heavy atom. The predicted octanol–water partition coefficient (Wildman–Crippen LogP) is 2.90. The van der Waals surface area contributed by atoms with Crippen molar-refractivity contribution in [3.63, 3.8) is 0 Å². The lowest BCUT2D eigenvalue weighted by Gasteiger charge is -2.24. The molecule has 0 aromatic carbocycles. The zero-order chi connectivity index (χ0) is 15.0. The van der Waals surface area contributed by atoms with Gasteiger partial charge < -0.3 is 5.32 Å². The summed E-state index contributed by atoms with van der Waals surface area (Å²) in [6.45, 7) is 4.67. The van der Waals surface area contributed by atoms with E-state index in [4.69, 9.17) is 11.6 Å². The highest BCUT2D eigenvalue weighted by atomic mass is 35.5. The minimum Gasteiger partial charge on any atom is -0.304 e. The van der Waals surface area contributed by atoms with E-state index in [2.05, 4.69) is 10.4 Å². The van der Waals surface area contributed by atoms with Gasteiger partial charge in [0, 0.05) is 12.6 Å². The summed E-state index contributed by atoms with van der Waals surface area (Å²) in [6.07, 6.45) is 6.50. The van der Waals surface area contributed by atoms with Gasteiger partial charge in [0.05, 0.1) is 28.9 Å². The fraction of sp³-hybridized carbons (Fsp3) is 0.750. The SMILES string of the molecule is CCn1nc(C)c(Cl)c1CC(=O)C1CC2CCCCC2N1. The lowest BCUT2D eigenvalue weighted by Crippen LogP contribution is -2.38. The molecule has 1 aromatic rings. The zero-order valence-corrected chi connectivity index (χ0v) is 13.6. The molecule has 3 atom stereocenters. The van der Waals surface area contributed by atoms with Crippen LogP contribution < -0.4 is 5.32 Å². The van der Waals surface area contributed by atoms with Crippen molar-refractivity contribution in [3.05, 3.63) is 16.4 Å². The van der Waals surface area contributed by atoms with E-state index in [0.29, 0.717) is 23.4 Å². The molecule has 2 heterocycles.